The van der Waals surface area contributed by atoms with Crippen molar-refractivity contribution in [3.05, 3.63) is 34.1 Å². The second-order valence-corrected chi connectivity index (χ2v) is 9.47. The molecule has 8 nitrogen and oxygen atoms in total. The highest BCUT2D eigenvalue weighted by Crippen LogP contribution is 2.46. The Hall–Kier alpha value is -2.39. The van der Waals surface area contributed by atoms with Gasteiger partial charge in [-0.15, -0.1) is 0 Å². The molecule has 1 aromatic carbocycles. The zero-order valence-corrected chi connectivity index (χ0v) is 23.5. The number of nitrogens with zero attached hydrogens (tertiary/aromatic N) is 4. The molecule has 0 amide bonds. The summed E-state index contributed by atoms with van der Waals surface area (Å²) < 4.78 is 21.1. The van der Waals surface area contributed by atoms with E-state index >= 15 is 0 Å². The van der Waals surface area contributed by atoms with Gasteiger partial charge in [0.1, 0.15) is 17.3 Å². The fourth-order valence-corrected chi connectivity index (χ4v) is 4.62. The quantitative estimate of drug-likeness (QED) is 0.380. The maximum Gasteiger partial charge on any atom is 0.165 e. The molecule has 1 aliphatic heterocycles. The molecule has 0 N–H and O–H groups in total. The van der Waals surface area contributed by atoms with Crippen molar-refractivity contribution >= 4 is 39.9 Å². The Kier molecular flexibility index (Phi) is 9.58. The Morgan fingerprint density at radius 2 is 1.56 bits per heavy atom. The monoisotopic (exact) mass is 536 g/mol. The van der Waals surface area contributed by atoms with Crippen LogP contribution in [0, 0.1) is 6.92 Å². The van der Waals surface area contributed by atoms with E-state index < -0.39 is 0 Å². The summed E-state index contributed by atoms with van der Waals surface area (Å²) in [6.45, 7) is 8.49. The normalized spacial score (nSPS) is 14.9. The van der Waals surface area contributed by atoms with E-state index in [-0.39, 0.29) is 5.60 Å². The number of fused-ring (bicyclic) bond motifs is 1. The van der Waals surface area contributed by atoms with Gasteiger partial charge in [0.05, 0.1) is 47.1 Å². The lowest BCUT2D eigenvalue weighted by Crippen LogP contribution is -2.44. The first-order chi connectivity index (χ1) is 17.2. The number of ether oxygens (including phenoxy) is 4. The SMILES string of the molecule is CCOC.COc1cc(OC)c(Cl)c(-c2nc(N3CCC(C)(OC)CC3)c3cc(C)ncc3n2)c1Cl. The Bertz CT molecular complexity index is 1170. The van der Waals surface area contributed by atoms with E-state index in [2.05, 4.69) is 21.5 Å². The molecule has 0 spiro atoms. The minimum Gasteiger partial charge on any atom is -0.495 e. The van der Waals surface area contributed by atoms with Crippen molar-refractivity contribution in [1.29, 1.82) is 0 Å². The maximum atomic E-state index is 6.66. The molecular formula is C26H34Cl2N4O4. The number of hydrogen-bond acceptors (Lipinski definition) is 8. The number of aromatic nitrogens is 3. The third-order valence-corrected chi connectivity index (χ3v) is 7.15. The van der Waals surface area contributed by atoms with Gasteiger partial charge in [-0.05, 0) is 39.7 Å². The third kappa shape index (κ3) is 5.94. The first-order valence-electron chi connectivity index (χ1n) is 11.8. The second-order valence-electron chi connectivity index (χ2n) is 8.72. The van der Waals surface area contributed by atoms with Crippen LogP contribution in [-0.2, 0) is 9.47 Å². The van der Waals surface area contributed by atoms with Crippen LogP contribution in [0.25, 0.3) is 22.3 Å². The van der Waals surface area contributed by atoms with E-state index in [1.165, 1.54) is 14.2 Å². The molecule has 0 bridgehead atoms. The predicted molar refractivity (Wildman–Crippen MR) is 145 cm³/mol. The Morgan fingerprint density at radius 1 is 0.972 bits per heavy atom. The van der Waals surface area contributed by atoms with Crippen molar-refractivity contribution in [3.63, 3.8) is 0 Å². The lowest BCUT2D eigenvalue weighted by molar-refractivity contribution is -0.0133. The summed E-state index contributed by atoms with van der Waals surface area (Å²) in [6, 6.07) is 3.66. The Labute approximate surface area is 222 Å². The number of methoxy groups -OCH3 is 4. The van der Waals surface area contributed by atoms with Crippen molar-refractivity contribution in [2.45, 2.75) is 39.2 Å². The van der Waals surface area contributed by atoms with Crippen LogP contribution in [0.15, 0.2) is 18.3 Å². The molecule has 36 heavy (non-hydrogen) atoms. The van der Waals surface area contributed by atoms with E-state index in [1.54, 1.807) is 26.5 Å². The van der Waals surface area contributed by atoms with Gasteiger partial charge in [0, 0.05) is 51.1 Å². The smallest absolute Gasteiger partial charge is 0.165 e. The van der Waals surface area contributed by atoms with Crippen LogP contribution in [0.4, 0.5) is 5.82 Å². The van der Waals surface area contributed by atoms with Crippen molar-refractivity contribution in [2.75, 3.05) is 53.0 Å². The fraction of sp³-hybridized carbons (Fsp3) is 0.500. The number of anilines is 1. The van der Waals surface area contributed by atoms with E-state index in [0.29, 0.717) is 38.4 Å². The van der Waals surface area contributed by atoms with Crippen LogP contribution in [0.2, 0.25) is 10.0 Å². The van der Waals surface area contributed by atoms with Gasteiger partial charge in [0.2, 0.25) is 0 Å². The zero-order valence-electron chi connectivity index (χ0n) is 21.9. The van der Waals surface area contributed by atoms with Crippen LogP contribution in [0.1, 0.15) is 32.4 Å². The van der Waals surface area contributed by atoms with Gasteiger partial charge in [-0.3, -0.25) is 4.98 Å². The van der Waals surface area contributed by atoms with Crippen LogP contribution >= 0.6 is 23.2 Å². The standard InChI is InChI=1S/C23H26Cl2N4O3.C3H8O/c1-13-10-14-15(12-26-13)27-21(18-19(24)16(30-3)11-17(31-4)20(18)25)28-22(14)29-8-6-23(2,32-5)7-9-29;1-3-4-2/h10-12H,6-9H2,1-5H3;3H2,1-2H3. The maximum absolute atomic E-state index is 6.66. The Balaban J connectivity index is 0.000000840. The largest absolute Gasteiger partial charge is 0.495 e. The first kappa shape index (κ1) is 28.2. The summed E-state index contributed by atoms with van der Waals surface area (Å²) >= 11 is 13.3. The summed E-state index contributed by atoms with van der Waals surface area (Å²) in [5, 5.41) is 1.59. The van der Waals surface area contributed by atoms with Gasteiger partial charge >= 0.3 is 0 Å². The van der Waals surface area contributed by atoms with E-state index in [4.69, 9.17) is 47.4 Å². The molecule has 1 aliphatic rings. The van der Waals surface area contributed by atoms with Gasteiger partial charge in [-0.25, -0.2) is 9.97 Å². The minimum atomic E-state index is -0.133. The summed E-state index contributed by atoms with van der Waals surface area (Å²) in [6.07, 6.45) is 3.54. The minimum absolute atomic E-state index is 0.133. The lowest BCUT2D eigenvalue weighted by atomic mass is 9.93. The summed E-state index contributed by atoms with van der Waals surface area (Å²) in [5.74, 6) is 2.08. The summed E-state index contributed by atoms with van der Waals surface area (Å²) in [4.78, 5) is 16.4. The van der Waals surface area contributed by atoms with Gasteiger partial charge in [0.15, 0.2) is 5.82 Å². The average Bonchev–Trinajstić information content (AvgIpc) is 2.89. The van der Waals surface area contributed by atoms with E-state index in [9.17, 15) is 0 Å². The molecule has 0 radical (unpaired) electrons. The number of rotatable bonds is 6. The predicted octanol–water partition coefficient (Wildman–Crippen LogP) is 5.98. The summed E-state index contributed by atoms with van der Waals surface area (Å²) in [5.41, 5.74) is 1.94. The number of benzene rings is 1. The highest BCUT2D eigenvalue weighted by molar-refractivity contribution is 6.41. The number of aryl methyl sites for hydroxylation is 1. The van der Waals surface area contributed by atoms with Crippen LogP contribution in [0.5, 0.6) is 11.5 Å². The molecule has 10 heteroatoms. The van der Waals surface area contributed by atoms with Crippen molar-refractivity contribution in [2.24, 2.45) is 0 Å². The fourth-order valence-electron chi connectivity index (χ4n) is 3.95. The topological polar surface area (TPSA) is 78.8 Å². The van der Waals surface area contributed by atoms with Crippen LogP contribution in [0.3, 0.4) is 0 Å². The molecule has 196 valence electrons. The second kappa shape index (κ2) is 12.2. The van der Waals surface area contributed by atoms with Crippen molar-refractivity contribution in [1.82, 2.24) is 15.0 Å². The molecule has 2 aromatic heterocycles. The number of piperidine rings is 1. The molecule has 0 aliphatic carbocycles. The third-order valence-electron chi connectivity index (χ3n) is 6.40. The highest BCUT2D eigenvalue weighted by atomic mass is 35.5. The van der Waals surface area contributed by atoms with Crippen LogP contribution < -0.4 is 14.4 Å². The molecule has 0 atom stereocenters. The highest BCUT2D eigenvalue weighted by Gasteiger charge is 2.31. The molecule has 1 fully saturated rings. The van der Waals surface area contributed by atoms with Crippen molar-refractivity contribution < 1.29 is 18.9 Å². The zero-order chi connectivity index (χ0) is 26.5. The van der Waals surface area contributed by atoms with Gasteiger partial charge in [-0.2, -0.15) is 0 Å². The first-order valence-corrected chi connectivity index (χ1v) is 12.5. The number of halogens is 2. The Morgan fingerprint density at radius 3 is 2.06 bits per heavy atom. The van der Waals surface area contributed by atoms with Crippen LogP contribution in [-0.4, -0.2) is 68.7 Å². The lowest BCUT2D eigenvalue weighted by Gasteiger charge is -2.39. The molecular weight excluding hydrogens is 503 g/mol. The molecule has 0 saturated carbocycles. The van der Waals surface area contributed by atoms with Gasteiger partial charge in [0.25, 0.3) is 0 Å². The molecule has 1 saturated heterocycles. The molecule has 3 heterocycles. The number of hydrogen-bond donors (Lipinski definition) is 0. The van der Waals surface area contributed by atoms with Crippen molar-refractivity contribution in [3.8, 4) is 22.9 Å². The van der Waals surface area contributed by atoms with E-state index in [1.807, 2.05) is 19.9 Å². The van der Waals surface area contributed by atoms with Gasteiger partial charge in [-0.1, -0.05) is 23.2 Å². The summed E-state index contributed by atoms with van der Waals surface area (Å²) in [7, 11) is 6.53. The number of pyridine rings is 1. The molecule has 0 unspecified atom stereocenters. The van der Waals surface area contributed by atoms with E-state index in [0.717, 1.165) is 49.4 Å². The molecule has 3 aromatic rings. The van der Waals surface area contributed by atoms with Gasteiger partial charge < -0.3 is 23.8 Å². The average molecular weight is 537 g/mol. The molecule has 4 rings (SSSR count).